The first-order valence-electron chi connectivity index (χ1n) is 8.05. The molecule has 134 valence electrons. The lowest BCUT2D eigenvalue weighted by molar-refractivity contribution is -0.135. The van der Waals surface area contributed by atoms with Crippen LogP contribution < -0.4 is 4.74 Å². The first-order valence-corrected chi connectivity index (χ1v) is 8.42. The lowest BCUT2D eigenvalue weighted by Gasteiger charge is -2.14. The van der Waals surface area contributed by atoms with E-state index in [9.17, 15) is 4.79 Å². The summed E-state index contributed by atoms with van der Waals surface area (Å²) in [6.45, 7) is 6.20. The highest BCUT2D eigenvalue weighted by molar-refractivity contribution is 6.30. The molecule has 0 amide bonds. The van der Waals surface area contributed by atoms with Gasteiger partial charge in [-0.05, 0) is 67.3 Å². The number of aryl methyl sites for hydroxylation is 2. The van der Waals surface area contributed by atoms with Crippen LogP contribution in [0.15, 0.2) is 35.9 Å². The third-order valence-electron chi connectivity index (χ3n) is 4.05. The highest BCUT2D eigenvalue weighted by atomic mass is 35.5. The molecular formula is C21H20ClNO3. The van der Waals surface area contributed by atoms with Crippen molar-refractivity contribution in [1.29, 1.82) is 5.26 Å². The molecule has 0 aliphatic carbocycles. The fourth-order valence-corrected chi connectivity index (χ4v) is 2.82. The largest absolute Gasteiger partial charge is 0.489 e. The summed E-state index contributed by atoms with van der Waals surface area (Å²) in [6.07, 6.45) is 1.55. The number of hydrogen-bond donors (Lipinski definition) is 0. The molecule has 5 heteroatoms. The Balaban J connectivity index is 2.33. The van der Waals surface area contributed by atoms with Gasteiger partial charge < -0.3 is 9.47 Å². The van der Waals surface area contributed by atoms with Crippen molar-refractivity contribution < 1.29 is 14.3 Å². The zero-order valence-electron chi connectivity index (χ0n) is 15.2. The molecule has 0 aliphatic rings. The van der Waals surface area contributed by atoms with Gasteiger partial charge in [0.25, 0.3) is 0 Å². The standard InChI is InChI=1S/C21H20ClNO3/c1-13-7-16(10-17(11-23)21(24)25-4)15(3)18(8-13)12-26-20-6-5-19(22)9-14(20)2/h5-10H,12H2,1-4H3/b17-10-. The quantitative estimate of drug-likeness (QED) is 0.426. The lowest BCUT2D eigenvalue weighted by Crippen LogP contribution is -2.04. The Bertz CT molecular complexity index is 910. The van der Waals surface area contributed by atoms with E-state index in [0.29, 0.717) is 11.6 Å². The van der Waals surface area contributed by atoms with E-state index in [1.54, 1.807) is 12.1 Å². The molecule has 0 unspecified atom stereocenters. The molecule has 0 bridgehead atoms. The summed E-state index contributed by atoms with van der Waals surface area (Å²) in [6, 6.07) is 11.3. The summed E-state index contributed by atoms with van der Waals surface area (Å²) in [7, 11) is 1.25. The van der Waals surface area contributed by atoms with Crippen LogP contribution >= 0.6 is 11.6 Å². The molecule has 0 aromatic heterocycles. The third kappa shape index (κ3) is 4.65. The van der Waals surface area contributed by atoms with Crippen LogP contribution in [-0.4, -0.2) is 13.1 Å². The maximum Gasteiger partial charge on any atom is 0.348 e. The van der Waals surface area contributed by atoms with E-state index in [4.69, 9.17) is 21.6 Å². The van der Waals surface area contributed by atoms with Crippen molar-refractivity contribution in [2.75, 3.05) is 7.11 Å². The SMILES string of the molecule is COC(=O)/C(C#N)=C\c1cc(C)cc(COc2ccc(Cl)cc2C)c1C. The van der Waals surface area contributed by atoms with Gasteiger partial charge in [0, 0.05) is 5.02 Å². The van der Waals surface area contributed by atoms with Crippen LogP contribution in [0.2, 0.25) is 5.02 Å². The highest BCUT2D eigenvalue weighted by Crippen LogP contribution is 2.25. The number of rotatable bonds is 5. The minimum atomic E-state index is -0.650. The van der Waals surface area contributed by atoms with Crippen molar-refractivity contribution in [3.63, 3.8) is 0 Å². The monoisotopic (exact) mass is 369 g/mol. The Morgan fingerprint density at radius 2 is 1.96 bits per heavy atom. The fourth-order valence-electron chi connectivity index (χ4n) is 2.60. The van der Waals surface area contributed by atoms with E-state index >= 15 is 0 Å². The van der Waals surface area contributed by atoms with Gasteiger partial charge in [0.15, 0.2) is 0 Å². The number of halogens is 1. The minimum Gasteiger partial charge on any atom is -0.489 e. The second-order valence-electron chi connectivity index (χ2n) is 6.00. The molecule has 0 aliphatic heterocycles. The zero-order chi connectivity index (χ0) is 19.3. The maximum absolute atomic E-state index is 11.7. The molecule has 26 heavy (non-hydrogen) atoms. The fraction of sp³-hybridized carbons (Fsp3) is 0.238. The van der Waals surface area contributed by atoms with Gasteiger partial charge in [-0.15, -0.1) is 0 Å². The summed E-state index contributed by atoms with van der Waals surface area (Å²) in [5, 5.41) is 9.84. The second-order valence-corrected chi connectivity index (χ2v) is 6.43. The number of esters is 1. The summed E-state index contributed by atoms with van der Waals surface area (Å²) in [4.78, 5) is 11.7. The van der Waals surface area contributed by atoms with Gasteiger partial charge in [-0.1, -0.05) is 29.3 Å². The van der Waals surface area contributed by atoms with E-state index < -0.39 is 5.97 Å². The smallest absolute Gasteiger partial charge is 0.348 e. The molecular weight excluding hydrogens is 350 g/mol. The Labute approximate surface area is 158 Å². The topological polar surface area (TPSA) is 59.3 Å². The molecule has 0 N–H and O–H groups in total. The van der Waals surface area contributed by atoms with Crippen LogP contribution in [0.25, 0.3) is 6.08 Å². The maximum atomic E-state index is 11.7. The van der Waals surface area contributed by atoms with Gasteiger partial charge in [0.2, 0.25) is 0 Å². The van der Waals surface area contributed by atoms with Gasteiger partial charge in [0.1, 0.15) is 24.0 Å². The van der Waals surface area contributed by atoms with Crippen molar-refractivity contribution in [2.24, 2.45) is 0 Å². The normalized spacial score (nSPS) is 11.0. The molecule has 0 saturated heterocycles. The number of hydrogen-bond acceptors (Lipinski definition) is 4. The van der Waals surface area contributed by atoms with E-state index in [0.717, 1.165) is 33.6 Å². The Morgan fingerprint density at radius 1 is 1.23 bits per heavy atom. The average molecular weight is 370 g/mol. The van der Waals surface area contributed by atoms with Gasteiger partial charge in [0.05, 0.1) is 7.11 Å². The molecule has 0 fully saturated rings. The first-order chi connectivity index (χ1) is 12.3. The average Bonchev–Trinajstić information content (AvgIpc) is 2.61. The summed E-state index contributed by atoms with van der Waals surface area (Å²) >= 11 is 5.97. The van der Waals surface area contributed by atoms with Crippen LogP contribution in [0.5, 0.6) is 5.75 Å². The second kappa shape index (κ2) is 8.55. The van der Waals surface area contributed by atoms with Crippen LogP contribution in [0.1, 0.15) is 27.8 Å². The van der Waals surface area contributed by atoms with Crippen molar-refractivity contribution >= 4 is 23.6 Å². The van der Waals surface area contributed by atoms with Crippen molar-refractivity contribution in [3.8, 4) is 11.8 Å². The molecule has 0 atom stereocenters. The van der Waals surface area contributed by atoms with Crippen molar-refractivity contribution in [1.82, 2.24) is 0 Å². The van der Waals surface area contributed by atoms with E-state index in [2.05, 4.69) is 4.74 Å². The minimum absolute atomic E-state index is 0.0402. The van der Waals surface area contributed by atoms with Crippen molar-refractivity contribution in [3.05, 3.63) is 68.7 Å². The van der Waals surface area contributed by atoms with Crippen LogP contribution in [-0.2, 0) is 16.1 Å². The molecule has 2 aromatic rings. The number of carbonyl (C=O) groups is 1. The summed E-state index contributed by atoms with van der Waals surface area (Å²) in [5.74, 6) is 0.114. The van der Waals surface area contributed by atoms with Crippen molar-refractivity contribution in [2.45, 2.75) is 27.4 Å². The predicted octanol–water partition coefficient (Wildman–Crippen LogP) is 4.92. The molecule has 0 heterocycles. The van der Waals surface area contributed by atoms with E-state index in [-0.39, 0.29) is 5.57 Å². The third-order valence-corrected chi connectivity index (χ3v) is 4.28. The van der Waals surface area contributed by atoms with Crippen LogP contribution in [0.4, 0.5) is 0 Å². The number of carbonyl (C=O) groups excluding carboxylic acids is 1. The number of benzene rings is 2. The van der Waals surface area contributed by atoms with Crippen LogP contribution in [0.3, 0.4) is 0 Å². The Kier molecular flexibility index (Phi) is 6.43. The molecule has 4 nitrogen and oxygen atoms in total. The van der Waals surface area contributed by atoms with E-state index in [1.807, 2.05) is 51.1 Å². The molecule has 2 aromatic carbocycles. The van der Waals surface area contributed by atoms with E-state index in [1.165, 1.54) is 7.11 Å². The number of methoxy groups -OCH3 is 1. The zero-order valence-corrected chi connectivity index (χ0v) is 16.0. The number of ether oxygens (including phenoxy) is 2. The molecule has 2 rings (SSSR count). The van der Waals surface area contributed by atoms with Gasteiger partial charge >= 0.3 is 5.97 Å². The molecule has 0 radical (unpaired) electrons. The van der Waals surface area contributed by atoms with Gasteiger partial charge in [-0.25, -0.2) is 4.79 Å². The molecule has 0 saturated carbocycles. The number of nitrogens with zero attached hydrogens (tertiary/aromatic N) is 1. The summed E-state index contributed by atoms with van der Waals surface area (Å²) in [5.41, 5.74) is 4.64. The van der Waals surface area contributed by atoms with Gasteiger partial charge in [-0.2, -0.15) is 5.26 Å². The summed E-state index contributed by atoms with van der Waals surface area (Å²) < 4.78 is 10.6. The Hall–Kier alpha value is -2.77. The van der Waals surface area contributed by atoms with Gasteiger partial charge in [-0.3, -0.25) is 0 Å². The Morgan fingerprint density at radius 3 is 2.58 bits per heavy atom. The van der Waals surface area contributed by atoms with Crippen LogP contribution in [0, 0.1) is 32.1 Å². The first kappa shape index (κ1) is 19.6. The number of nitriles is 1. The lowest BCUT2D eigenvalue weighted by atomic mass is 9.98. The molecule has 0 spiro atoms. The highest BCUT2D eigenvalue weighted by Gasteiger charge is 2.12. The predicted molar refractivity (Wildman–Crippen MR) is 102 cm³/mol.